The van der Waals surface area contributed by atoms with Crippen LogP contribution in [0.3, 0.4) is 0 Å². The Morgan fingerprint density at radius 2 is 1.82 bits per heavy atom. The maximum absolute atomic E-state index is 4.33. The summed E-state index contributed by atoms with van der Waals surface area (Å²) >= 11 is 0. The minimum atomic E-state index is 0.162. The van der Waals surface area contributed by atoms with Crippen LogP contribution in [0, 0.1) is 5.92 Å². The van der Waals surface area contributed by atoms with Crippen LogP contribution >= 0.6 is 0 Å². The van der Waals surface area contributed by atoms with Crippen molar-refractivity contribution in [2.75, 3.05) is 5.32 Å². The number of benzene rings is 1. The summed E-state index contributed by atoms with van der Waals surface area (Å²) in [6.45, 7) is 6.58. The Morgan fingerprint density at radius 1 is 1.05 bits per heavy atom. The minimum absolute atomic E-state index is 0.162. The summed E-state index contributed by atoms with van der Waals surface area (Å²) in [6, 6.07) is 12.6. The highest BCUT2D eigenvalue weighted by Crippen LogP contribution is 2.19. The molecule has 0 fully saturated rings. The molecule has 3 aromatic rings. The molecule has 2 aromatic heterocycles. The zero-order valence-corrected chi connectivity index (χ0v) is 13.1. The number of hydrogen-bond acceptors (Lipinski definition) is 5. The van der Waals surface area contributed by atoms with Crippen molar-refractivity contribution in [1.82, 2.24) is 25.3 Å². The van der Waals surface area contributed by atoms with Gasteiger partial charge < -0.3 is 5.32 Å². The Bertz CT molecular complexity index is 747. The largest absolute Gasteiger partial charge is 0.362 e. The molecule has 1 N–H and O–H groups in total. The number of nitrogens with one attached hydrogen (secondary N) is 1. The van der Waals surface area contributed by atoms with Crippen molar-refractivity contribution in [2.45, 2.75) is 33.2 Å². The molecule has 0 spiro atoms. The molecule has 0 aliphatic carbocycles. The Kier molecular flexibility index (Phi) is 4.00. The first-order valence-electron chi connectivity index (χ1n) is 7.52. The van der Waals surface area contributed by atoms with Crippen molar-refractivity contribution < 1.29 is 0 Å². The first-order valence-corrected chi connectivity index (χ1v) is 7.52. The van der Waals surface area contributed by atoms with E-state index in [0.29, 0.717) is 11.6 Å². The van der Waals surface area contributed by atoms with Gasteiger partial charge in [0.1, 0.15) is 5.82 Å². The van der Waals surface area contributed by atoms with Crippen LogP contribution < -0.4 is 5.32 Å². The van der Waals surface area contributed by atoms with Gasteiger partial charge >= 0.3 is 0 Å². The molecule has 0 bridgehead atoms. The number of nitrogens with zero attached hydrogens (tertiary/aromatic N) is 5. The van der Waals surface area contributed by atoms with Crippen molar-refractivity contribution in [3.8, 4) is 0 Å². The first-order chi connectivity index (χ1) is 10.6. The van der Waals surface area contributed by atoms with Gasteiger partial charge in [0.25, 0.3) is 0 Å². The van der Waals surface area contributed by atoms with Gasteiger partial charge in [-0.3, -0.25) is 0 Å². The third-order valence-corrected chi connectivity index (χ3v) is 3.56. The number of hydrogen-bond donors (Lipinski definition) is 1. The third-order valence-electron chi connectivity index (χ3n) is 3.56. The lowest BCUT2D eigenvalue weighted by molar-refractivity contribution is 0.647. The molecule has 1 atom stereocenters. The van der Waals surface area contributed by atoms with E-state index in [1.807, 2.05) is 12.1 Å². The number of fused-ring (bicyclic) bond motifs is 1. The fourth-order valence-corrected chi connectivity index (χ4v) is 2.45. The van der Waals surface area contributed by atoms with Gasteiger partial charge in [0.05, 0.1) is 0 Å². The molecule has 0 aliphatic rings. The summed E-state index contributed by atoms with van der Waals surface area (Å²) in [5, 5.41) is 18.9. The van der Waals surface area contributed by atoms with Gasteiger partial charge in [0.15, 0.2) is 5.65 Å². The summed E-state index contributed by atoms with van der Waals surface area (Å²) in [7, 11) is 0. The molecule has 2 heterocycles. The lowest BCUT2D eigenvalue weighted by Gasteiger charge is -2.15. The van der Waals surface area contributed by atoms with Crippen molar-refractivity contribution in [1.29, 1.82) is 0 Å². The molecule has 114 valence electrons. The van der Waals surface area contributed by atoms with Crippen LogP contribution in [0.4, 0.5) is 5.82 Å². The lowest BCUT2D eigenvalue weighted by Crippen LogP contribution is -2.10. The number of anilines is 1. The highest BCUT2D eigenvalue weighted by atomic mass is 15.6. The van der Waals surface area contributed by atoms with Crippen molar-refractivity contribution in [3.05, 3.63) is 47.5 Å². The summed E-state index contributed by atoms with van der Waals surface area (Å²) in [5.74, 6) is 1.42. The van der Waals surface area contributed by atoms with Crippen molar-refractivity contribution in [3.63, 3.8) is 0 Å². The van der Waals surface area contributed by atoms with Gasteiger partial charge in [-0.1, -0.05) is 38.1 Å². The van der Waals surface area contributed by atoms with Crippen LogP contribution in [-0.4, -0.2) is 25.3 Å². The molecule has 22 heavy (non-hydrogen) atoms. The molecule has 6 heteroatoms. The monoisotopic (exact) mass is 296 g/mol. The molecule has 1 aromatic carbocycles. The summed E-state index contributed by atoms with van der Waals surface area (Å²) in [6.07, 6.45) is 1.11. The van der Waals surface area contributed by atoms with Crippen molar-refractivity contribution >= 4 is 11.5 Å². The molecule has 6 nitrogen and oxygen atoms in total. The Hall–Kier alpha value is -2.50. The van der Waals surface area contributed by atoms with E-state index in [0.717, 1.165) is 12.2 Å². The van der Waals surface area contributed by atoms with Gasteiger partial charge in [-0.15, -0.1) is 14.8 Å². The predicted octanol–water partition coefficient (Wildman–Crippen LogP) is 2.89. The molecule has 0 amide bonds. The normalized spacial score (nSPS) is 12.7. The number of rotatable bonds is 5. The van der Waals surface area contributed by atoms with E-state index in [4.69, 9.17) is 0 Å². The summed E-state index contributed by atoms with van der Waals surface area (Å²) < 4.78 is 1.42. The van der Waals surface area contributed by atoms with Crippen LogP contribution in [0.15, 0.2) is 36.4 Å². The van der Waals surface area contributed by atoms with Gasteiger partial charge in [0, 0.05) is 6.04 Å². The fraction of sp³-hybridized carbons (Fsp3) is 0.375. The molecule has 0 saturated heterocycles. The second-order valence-electron chi connectivity index (χ2n) is 5.95. The average Bonchev–Trinajstić information content (AvgIpc) is 2.95. The van der Waals surface area contributed by atoms with Gasteiger partial charge in [-0.25, -0.2) is 0 Å². The lowest BCUT2D eigenvalue weighted by atomic mass is 10.00. The number of aromatic nitrogens is 5. The quantitative estimate of drug-likeness (QED) is 0.784. The van der Waals surface area contributed by atoms with E-state index in [2.05, 4.69) is 71.0 Å². The van der Waals surface area contributed by atoms with Crippen LogP contribution in [0.25, 0.3) is 5.65 Å². The molecular formula is C16H20N6. The fourth-order valence-electron chi connectivity index (χ4n) is 2.45. The number of tetrazole rings is 1. The highest BCUT2D eigenvalue weighted by molar-refractivity contribution is 5.43. The molecular weight excluding hydrogens is 276 g/mol. The van der Waals surface area contributed by atoms with Gasteiger partial charge in [0.2, 0.25) is 0 Å². The van der Waals surface area contributed by atoms with E-state index < -0.39 is 0 Å². The molecule has 0 radical (unpaired) electrons. The van der Waals surface area contributed by atoms with Crippen LogP contribution in [0.2, 0.25) is 0 Å². The van der Waals surface area contributed by atoms with E-state index in [-0.39, 0.29) is 6.04 Å². The average molecular weight is 296 g/mol. The second kappa shape index (κ2) is 6.09. The third kappa shape index (κ3) is 3.21. The predicted molar refractivity (Wildman–Crippen MR) is 85.6 cm³/mol. The Labute approximate surface area is 129 Å². The van der Waals surface area contributed by atoms with Crippen LogP contribution in [-0.2, 0) is 6.42 Å². The SMILES string of the molecule is CC(C)Cc1ccc([C@H](C)Nc2ccc3nnnn3n2)cc1. The Morgan fingerprint density at radius 3 is 2.55 bits per heavy atom. The molecule has 3 rings (SSSR count). The topological polar surface area (TPSA) is 68.0 Å². The zero-order chi connectivity index (χ0) is 15.5. The van der Waals surface area contributed by atoms with E-state index in [1.54, 1.807) is 0 Å². The van der Waals surface area contributed by atoms with Crippen LogP contribution in [0.5, 0.6) is 0 Å². The highest BCUT2D eigenvalue weighted by Gasteiger charge is 2.08. The zero-order valence-electron chi connectivity index (χ0n) is 13.1. The second-order valence-corrected chi connectivity index (χ2v) is 5.95. The van der Waals surface area contributed by atoms with Crippen molar-refractivity contribution in [2.24, 2.45) is 5.92 Å². The maximum atomic E-state index is 4.33. The molecule has 0 saturated carbocycles. The summed E-state index contributed by atoms with van der Waals surface area (Å²) in [5.41, 5.74) is 3.24. The maximum Gasteiger partial charge on any atom is 0.200 e. The van der Waals surface area contributed by atoms with E-state index in [1.165, 1.54) is 15.8 Å². The van der Waals surface area contributed by atoms with E-state index in [9.17, 15) is 0 Å². The molecule has 0 aliphatic heterocycles. The molecule has 0 unspecified atom stereocenters. The Balaban J connectivity index is 1.71. The summed E-state index contributed by atoms with van der Waals surface area (Å²) in [4.78, 5) is 0. The standard InChI is InChI=1S/C16H20N6/c1-11(2)10-13-4-6-14(7-5-13)12(3)17-15-8-9-16-18-20-21-22(16)19-15/h4-9,11-12H,10H2,1-3H3,(H,17,19)/t12-/m0/s1. The van der Waals surface area contributed by atoms with Crippen LogP contribution in [0.1, 0.15) is 37.9 Å². The van der Waals surface area contributed by atoms with Gasteiger partial charge in [-0.05, 0) is 52.9 Å². The van der Waals surface area contributed by atoms with Gasteiger partial charge in [-0.2, -0.15) is 0 Å². The smallest absolute Gasteiger partial charge is 0.200 e. The van der Waals surface area contributed by atoms with E-state index >= 15 is 0 Å². The first kappa shape index (κ1) is 14.4. The minimum Gasteiger partial charge on any atom is -0.362 e.